The molecule has 0 fully saturated rings. The van der Waals surface area contributed by atoms with Gasteiger partial charge < -0.3 is 5.11 Å². The maximum absolute atomic E-state index is 11.4. The van der Waals surface area contributed by atoms with Crippen molar-refractivity contribution < 1.29 is 9.90 Å². The maximum atomic E-state index is 11.4. The average Bonchev–Trinajstić information content (AvgIpc) is 2.35. The Balaban J connectivity index is 2.49. The summed E-state index contributed by atoms with van der Waals surface area (Å²) in [5, 5.41) is 9.14. The quantitative estimate of drug-likeness (QED) is 0.689. The molecule has 2 aromatic rings. The Bertz CT molecular complexity index is 690. The highest BCUT2D eigenvalue weighted by Gasteiger charge is 2.09. The Morgan fingerprint density at radius 1 is 1.30 bits per heavy atom. The van der Waals surface area contributed by atoms with E-state index in [1.54, 1.807) is 10.8 Å². The third-order valence-electron chi connectivity index (χ3n) is 2.59. The molecule has 0 bridgehead atoms. The van der Waals surface area contributed by atoms with Gasteiger partial charge in [0, 0.05) is 18.0 Å². The smallest absolute Gasteiger partial charge is 0.313 e. The molecule has 0 spiro atoms. The predicted octanol–water partition coefficient (Wildman–Crippen LogP) is 2.03. The number of carbonyl (C=O) groups is 1. The molecule has 1 aromatic heterocycles. The zero-order chi connectivity index (χ0) is 14.7. The second-order valence-corrected chi connectivity index (χ2v) is 5.39. The summed E-state index contributed by atoms with van der Waals surface area (Å²) in [6, 6.07) is 7.33. The summed E-state index contributed by atoms with van der Waals surface area (Å²) in [5.74, 6) is -1.08. The van der Waals surface area contributed by atoms with Crippen LogP contribution in [0.5, 0.6) is 0 Å². The molecule has 0 amide bonds. The summed E-state index contributed by atoms with van der Waals surface area (Å²) in [5.41, 5.74) is 2.67. The minimum Gasteiger partial charge on any atom is -0.481 e. The Morgan fingerprint density at radius 2 is 1.95 bits per heavy atom. The lowest BCUT2D eigenvalue weighted by atomic mass is 10.1. The van der Waals surface area contributed by atoms with Gasteiger partial charge in [0.1, 0.15) is 0 Å². The Labute approximate surface area is 120 Å². The van der Waals surface area contributed by atoms with E-state index in [-0.39, 0.29) is 11.3 Å². The van der Waals surface area contributed by atoms with Gasteiger partial charge in [-0.25, -0.2) is 0 Å². The molecule has 0 unspecified atom stereocenters. The molecule has 0 aliphatic rings. The van der Waals surface area contributed by atoms with Crippen LogP contribution in [0.15, 0.2) is 40.4 Å². The molecule has 1 N–H and O–H groups in total. The third-order valence-corrected chi connectivity index (χ3v) is 3.52. The number of carboxylic acid groups (broad SMARTS) is 1. The SMILES string of the molecule is Cc1cc(C)cc(-n2ccc(=O)nc2SCC(=O)O)c1. The number of nitrogens with zero attached hydrogens (tertiary/aromatic N) is 2. The monoisotopic (exact) mass is 290 g/mol. The molecule has 104 valence electrons. The lowest BCUT2D eigenvalue weighted by Crippen LogP contribution is -2.13. The molecule has 1 heterocycles. The highest BCUT2D eigenvalue weighted by atomic mass is 32.2. The summed E-state index contributed by atoms with van der Waals surface area (Å²) >= 11 is 1.03. The molecule has 0 aliphatic heterocycles. The standard InChI is InChI=1S/C14H14N2O3S/c1-9-5-10(2)7-11(6-9)16-4-3-12(17)15-14(16)20-8-13(18)19/h3-7H,8H2,1-2H3,(H,18,19). The molecular weight excluding hydrogens is 276 g/mol. The summed E-state index contributed by atoms with van der Waals surface area (Å²) in [7, 11) is 0. The van der Waals surface area contributed by atoms with Crippen molar-refractivity contribution >= 4 is 17.7 Å². The van der Waals surface area contributed by atoms with E-state index >= 15 is 0 Å². The van der Waals surface area contributed by atoms with Crippen LogP contribution in [-0.2, 0) is 4.79 Å². The van der Waals surface area contributed by atoms with Crippen LogP contribution in [0.4, 0.5) is 0 Å². The average molecular weight is 290 g/mol. The predicted molar refractivity (Wildman–Crippen MR) is 77.7 cm³/mol. The number of hydrogen-bond donors (Lipinski definition) is 1. The molecule has 0 radical (unpaired) electrons. The lowest BCUT2D eigenvalue weighted by molar-refractivity contribution is -0.133. The number of rotatable bonds is 4. The molecule has 0 atom stereocenters. The van der Waals surface area contributed by atoms with Gasteiger partial charge in [0.2, 0.25) is 0 Å². The van der Waals surface area contributed by atoms with Gasteiger partial charge in [-0.3, -0.25) is 14.2 Å². The summed E-state index contributed by atoms with van der Waals surface area (Å²) in [6.45, 7) is 3.97. The van der Waals surface area contributed by atoms with Gasteiger partial charge in [0.15, 0.2) is 5.16 Å². The van der Waals surface area contributed by atoms with Crippen LogP contribution in [-0.4, -0.2) is 26.4 Å². The normalized spacial score (nSPS) is 10.5. The number of aryl methyl sites for hydroxylation is 2. The minimum absolute atomic E-state index is 0.138. The van der Waals surface area contributed by atoms with Gasteiger partial charge >= 0.3 is 5.97 Å². The summed E-state index contributed by atoms with van der Waals surface area (Å²) < 4.78 is 1.73. The van der Waals surface area contributed by atoms with E-state index in [2.05, 4.69) is 4.98 Å². The summed E-state index contributed by atoms with van der Waals surface area (Å²) in [6.07, 6.45) is 1.62. The fourth-order valence-corrected chi connectivity index (χ4v) is 2.61. The molecular formula is C14H14N2O3S. The van der Waals surface area contributed by atoms with Crippen LogP contribution >= 0.6 is 11.8 Å². The summed E-state index contributed by atoms with van der Waals surface area (Å²) in [4.78, 5) is 25.9. The van der Waals surface area contributed by atoms with Gasteiger partial charge in [-0.2, -0.15) is 4.98 Å². The van der Waals surface area contributed by atoms with Crippen LogP contribution in [0, 0.1) is 13.8 Å². The first kappa shape index (κ1) is 14.3. The van der Waals surface area contributed by atoms with Crippen LogP contribution < -0.4 is 5.56 Å². The van der Waals surface area contributed by atoms with Crippen LogP contribution in [0.2, 0.25) is 0 Å². The molecule has 5 nitrogen and oxygen atoms in total. The van der Waals surface area contributed by atoms with Crippen LogP contribution in [0.1, 0.15) is 11.1 Å². The van der Waals surface area contributed by atoms with E-state index in [1.807, 2.05) is 32.0 Å². The first-order valence-electron chi connectivity index (χ1n) is 5.98. The number of thioether (sulfide) groups is 1. The zero-order valence-electron chi connectivity index (χ0n) is 11.2. The lowest BCUT2D eigenvalue weighted by Gasteiger charge is -2.12. The van der Waals surface area contributed by atoms with Crippen molar-refractivity contribution in [3.8, 4) is 5.69 Å². The van der Waals surface area contributed by atoms with Crippen molar-refractivity contribution in [3.63, 3.8) is 0 Å². The molecule has 6 heteroatoms. The molecule has 2 rings (SSSR count). The number of aromatic nitrogens is 2. The second kappa shape index (κ2) is 5.92. The zero-order valence-corrected chi connectivity index (χ0v) is 12.0. The fourth-order valence-electron chi connectivity index (χ4n) is 1.90. The van der Waals surface area contributed by atoms with E-state index < -0.39 is 5.97 Å². The first-order chi connectivity index (χ1) is 9.45. The van der Waals surface area contributed by atoms with E-state index in [0.29, 0.717) is 5.16 Å². The highest BCUT2D eigenvalue weighted by molar-refractivity contribution is 7.99. The van der Waals surface area contributed by atoms with Gasteiger partial charge in [0.25, 0.3) is 5.56 Å². The molecule has 0 saturated carbocycles. The molecule has 0 saturated heterocycles. The maximum Gasteiger partial charge on any atom is 0.313 e. The number of benzene rings is 1. The van der Waals surface area contributed by atoms with Gasteiger partial charge in [-0.15, -0.1) is 0 Å². The Hall–Kier alpha value is -2.08. The van der Waals surface area contributed by atoms with E-state index in [4.69, 9.17) is 5.11 Å². The highest BCUT2D eigenvalue weighted by Crippen LogP contribution is 2.20. The third kappa shape index (κ3) is 3.48. The number of aliphatic carboxylic acids is 1. The molecule has 20 heavy (non-hydrogen) atoms. The van der Waals surface area contributed by atoms with Gasteiger partial charge in [-0.05, 0) is 37.1 Å². The number of carboxylic acids is 1. The fraction of sp³-hybridized carbons (Fsp3) is 0.214. The molecule has 0 aliphatic carbocycles. The van der Waals surface area contributed by atoms with Crippen molar-refractivity contribution in [2.45, 2.75) is 19.0 Å². The van der Waals surface area contributed by atoms with E-state index in [1.165, 1.54) is 6.07 Å². The van der Waals surface area contributed by atoms with Crippen LogP contribution in [0.3, 0.4) is 0 Å². The van der Waals surface area contributed by atoms with Crippen molar-refractivity contribution in [2.24, 2.45) is 0 Å². The molecule has 1 aromatic carbocycles. The van der Waals surface area contributed by atoms with Gasteiger partial charge in [-0.1, -0.05) is 17.8 Å². The van der Waals surface area contributed by atoms with Crippen molar-refractivity contribution in [1.29, 1.82) is 0 Å². The second-order valence-electron chi connectivity index (χ2n) is 4.45. The van der Waals surface area contributed by atoms with E-state index in [9.17, 15) is 9.59 Å². The van der Waals surface area contributed by atoms with Crippen LogP contribution in [0.25, 0.3) is 5.69 Å². The van der Waals surface area contributed by atoms with E-state index in [0.717, 1.165) is 28.6 Å². The number of hydrogen-bond acceptors (Lipinski definition) is 4. The van der Waals surface area contributed by atoms with Crippen molar-refractivity contribution in [1.82, 2.24) is 9.55 Å². The van der Waals surface area contributed by atoms with Crippen molar-refractivity contribution in [2.75, 3.05) is 5.75 Å². The Morgan fingerprint density at radius 3 is 2.55 bits per heavy atom. The Kier molecular flexibility index (Phi) is 4.24. The van der Waals surface area contributed by atoms with Crippen molar-refractivity contribution in [3.05, 3.63) is 51.9 Å². The van der Waals surface area contributed by atoms with Gasteiger partial charge in [0.05, 0.1) is 5.75 Å². The minimum atomic E-state index is -0.944. The topological polar surface area (TPSA) is 72.2 Å². The largest absolute Gasteiger partial charge is 0.481 e. The first-order valence-corrected chi connectivity index (χ1v) is 6.97.